The molecule has 2 rings (SSSR count). The van der Waals surface area contributed by atoms with Crippen LogP contribution < -0.4 is 4.74 Å². The molecule has 0 spiro atoms. The molecular weight excluding hydrogens is 316 g/mol. The lowest BCUT2D eigenvalue weighted by Crippen LogP contribution is -1.98. The summed E-state index contributed by atoms with van der Waals surface area (Å²) >= 11 is 9.53. The minimum Gasteiger partial charge on any atom is -0.488 e. The van der Waals surface area contributed by atoms with E-state index in [-0.39, 0.29) is 0 Å². The molecule has 2 aromatic rings. The zero-order chi connectivity index (χ0) is 13.0. The molecule has 0 aliphatic carbocycles. The summed E-state index contributed by atoms with van der Waals surface area (Å²) in [5.41, 5.74) is 2.03. The number of benzene rings is 1. The van der Waals surface area contributed by atoms with Crippen LogP contribution in [0.2, 0.25) is 5.02 Å². The lowest BCUT2D eigenvalue weighted by molar-refractivity contribution is 0.304. The molecule has 0 fully saturated rings. The van der Waals surface area contributed by atoms with Gasteiger partial charge in [-0.25, -0.2) is 0 Å². The predicted octanol–water partition coefficient (Wildman–Crippen LogP) is 4.03. The average molecular weight is 330 g/mol. The van der Waals surface area contributed by atoms with Gasteiger partial charge < -0.3 is 4.74 Å². The van der Waals surface area contributed by atoms with Crippen LogP contribution in [0.15, 0.2) is 30.6 Å². The Morgan fingerprint density at radius 3 is 2.94 bits per heavy atom. The first-order chi connectivity index (χ1) is 8.74. The van der Waals surface area contributed by atoms with Crippen molar-refractivity contribution in [1.82, 2.24) is 9.78 Å². The number of aryl methyl sites for hydroxylation is 1. The summed E-state index contributed by atoms with van der Waals surface area (Å²) in [4.78, 5) is 0. The Morgan fingerprint density at radius 2 is 2.28 bits per heavy atom. The Kier molecular flexibility index (Phi) is 4.66. The maximum Gasteiger partial charge on any atom is 0.125 e. The first kappa shape index (κ1) is 13.4. The topological polar surface area (TPSA) is 27.1 Å². The van der Waals surface area contributed by atoms with Crippen molar-refractivity contribution in [1.29, 1.82) is 0 Å². The van der Waals surface area contributed by atoms with Gasteiger partial charge in [0.1, 0.15) is 12.4 Å². The minimum absolute atomic E-state index is 0.500. The van der Waals surface area contributed by atoms with Crippen LogP contribution in [-0.2, 0) is 18.5 Å². The monoisotopic (exact) mass is 328 g/mol. The summed E-state index contributed by atoms with van der Waals surface area (Å²) < 4.78 is 7.66. The quantitative estimate of drug-likeness (QED) is 0.774. The molecule has 1 aromatic carbocycles. The highest BCUT2D eigenvalue weighted by molar-refractivity contribution is 9.08. The maximum absolute atomic E-state index is 6.11. The highest BCUT2D eigenvalue weighted by atomic mass is 79.9. The number of aromatic nitrogens is 2. The number of alkyl halides is 1. The Morgan fingerprint density at radius 1 is 1.44 bits per heavy atom. The van der Waals surface area contributed by atoms with Crippen molar-refractivity contribution in [3.05, 3.63) is 46.7 Å². The number of halogens is 2. The molecule has 0 radical (unpaired) electrons. The minimum atomic E-state index is 0.500. The van der Waals surface area contributed by atoms with Gasteiger partial charge in [0, 0.05) is 34.2 Å². The second-order valence-electron chi connectivity index (χ2n) is 3.84. The molecule has 5 heteroatoms. The van der Waals surface area contributed by atoms with Crippen molar-refractivity contribution in [3.8, 4) is 5.75 Å². The second-order valence-corrected chi connectivity index (χ2v) is 4.81. The number of hydrogen-bond acceptors (Lipinski definition) is 2. The second kappa shape index (κ2) is 6.25. The molecule has 0 aliphatic heterocycles. The van der Waals surface area contributed by atoms with E-state index in [9.17, 15) is 0 Å². The van der Waals surface area contributed by atoms with E-state index in [0.29, 0.717) is 17.0 Å². The van der Waals surface area contributed by atoms with Gasteiger partial charge >= 0.3 is 0 Å². The fourth-order valence-electron chi connectivity index (χ4n) is 1.62. The van der Waals surface area contributed by atoms with Gasteiger partial charge in [-0.3, -0.25) is 4.68 Å². The van der Waals surface area contributed by atoms with Crippen molar-refractivity contribution in [2.75, 3.05) is 0 Å². The van der Waals surface area contributed by atoms with Crippen molar-refractivity contribution in [2.45, 2.75) is 25.4 Å². The molecule has 96 valence electrons. The van der Waals surface area contributed by atoms with Gasteiger partial charge in [-0.1, -0.05) is 33.6 Å². The summed E-state index contributed by atoms with van der Waals surface area (Å²) in [6.45, 7) is 3.42. The van der Waals surface area contributed by atoms with Crippen LogP contribution in [0.25, 0.3) is 0 Å². The fraction of sp³-hybridized carbons (Fsp3) is 0.308. The highest BCUT2D eigenvalue weighted by Crippen LogP contribution is 2.29. The Hall–Kier alpha value is -1.00. The van der Waals surface area contributed by atoms with E-state index < -0.39 is 0 Å². The van der Waals surface area contributed by atoms with E-state index in [1.165, 1.54) is 0 Å². The standard InChI is InChI=1S/C13H14BrClN2O/c1-2-17-8-10(7-16-17)9-18-13-5-3-4-12(15)11(13)6-14/h3-5,7-8H,2,6,9H2,1H3. The molecule has 0 bridgehead atoms. The van der Waals surface area contributed by atoms with E-state index >= 15 is 0 Å². The lowest BCUT2D eigenvalue weighted by atomic mass is 10.2. The molecule has 18 heavy (non-hydrogen) atoms. The summed E-state index contributed by atoms with van der Waals surface area (Å²) in [7, 11) is 0. The lowest BCUT2D eigenvalue weighted by Gasteiger charge is -2.10. The van der Waals surface area contributed by atoms with Crippen LogP contribution in [0.1, 0.15) is 18.1 Å². The molecule has 0 saturated carbocycles. The SMILES string of the molecule is CCn1cc(COc2cccc(Cl)c2CBr)cn1. The van der Waals surface area contributed by atoms with Crippen molar-refractivity contribution >= 4 is 27.5 Å². The van der Waals surface area contributed by atoms with Crippen LogP contribution in [0.3, 0.4) is 0 Å². The molecule has 0 atom stereocenters. The largest absolute Gasteiger partial charge is 0.488 e. The van der Waals surface area contributed by atoms with Gasteiger partial charge in [-0.2, -0.15) is 5.10 Å². The number of ether oxygens (including phenoxy) is 1. The normalized spacial score (nSPS) is 10.6. The number of hydrogen-bond donors (Lipinski definition) is 0. The van der Waals surface area contributed by atoms with E-state index in [4.69, 9.17) is 16.3 Å². The summed E-state index contributed by atoms with van der Waals surface area (Å²) in [5, 5.41) is 5.60. The van der Waals surface area contributed by atoms with E-state index in [0.717, 1.165) is 23.4 Å². The molecule has 0 N–H and O–H groups in total. The van der Waals surface area contributed by atoms with Crippen molar-refractivity contribution < 1.29 is 4.74 Å². The third-order valence-electron chi connectivity index (χ3n) is 2.61. The molecule has 1 aromatic heterocycles. The van der Waals surface area contributed by atoms with Gasteiger partial charge in [0.2, 0.25) is 0 Å². The molecular formula is C13H14BrClN2O. The smallest absolute Gasteiger partial charge is 0.125 e. The Bertz CT molecular complexity index is 527. The van der Waals surface area contributed by atoms with Gasteiger partial charge in [-0.15, -0.1) is 0 Å². The third-order valence-corrected chi connectivity index (χ3v) is 3.53. The van der Waals surface area contributed by atoms with Gasteiger partial charge in [0.15, 0.2) is 0 Å². The third kappa shape index (κ3) is 3.06. The first-order valence-corrected chi connectivity index (χ1v) is 7.22. The Balaban J connectivity index is 2.08. The summed E-state index contributed by atoms with van der Waals surface area (Å²) in [6.07, 6.45) is 3.81. The van der Waals surface area contributed by atoms with Crippen LogP contribution in [0, 0.1) is 0 Å². The molecule has 0 amide bonds. The van der Waals surface area contributed by atoms with E-state index in [1.807, 2.05) is 35.3 Å². The van der Waals surface area contributed by atoms with Crippen LogP contribution in [0.5, 0.6) is 5.75 Å². The van der Waals surface area contributed by atoms with Crippen LogP contribution in [0.4, 0.5) is 0 Å². The van der Waals surface area contributed by atoms with Crippen LogP contribution in [-0.4, -0.2) is 9.78 Å². The Labute approximate surface area is 120 Å². The molecule has 0 aliphatic rings. The van der Waals surface area contributed by atoms with E-state index in [2.05, 4.69) is 28.0 Å². The summed E-state index contributed by atoms with van der Waals surface area (Å²) in [5.74, 6) is 0.809. The van der Waals surface area contributed by atoms with Gasteiger partial charge in [0.05, 0.1) is 6.20 Å². The first-order valence-electron chi connectivity index (χ1n) is 5.72. The number of rotatable bonds is 5. The van der Waals surface area contributed by atoms with Gasteiger partial charge in [-0.05, 0) is 19.1 Å². The molecule has 0 saturated heterocycles. The molecule has 3 nitrogen and oxygen atoms in total. The molecule has 1 heterocycles. The fourth-order valence-corrected chi connectivity index (χ4v) is 2.59. The predicted molar refractivity (Wildman–Crippen MR) is 76.3 cm³/mol. The number of nitrogens with zero attached hydrogens (tertiary/aromatic N) is 2. The van der Waals surface area contributed by atoms with Crippen molar-refractivity contribution in [2.24, 2.45) is 0 Å². The highest BCUT2D eigenvalue weighted by Gasteiger charge is 2.07. The zero-order valence-electron chi connectivity index (χ0n) is 10.1. The average Bonchev–Trinajstić information content (AvgIpc) is 2.84. The van der Waals surface area contributed by atoms with Crippen LogP contribution >= 0.6 is 27.5 Å². The van der Waals surface area contributed by atoms with Crippen molar-refractivity contribution in [3.63, 3.8) is 0 Å². The maximum atomic E-state index is 6.11. The molecule has 0 unspecified atom stereocenters. The summed E-state index contributed by atoms with van der Waals surface area (Å²) in [6, 6.07) is 5.67. The van der Waals surface area contributed by atoms with E-state index in [1.54, 1.807) is 0 Å². The van der Waals surface area contributed by atoms with Gasteiger partial charge in [0.25, 0.3) is 0 Å². The zero-order valence-corrected chi connectivity index (χ0v) is 12.4.